The van der Waals surface area contributed by atoms with Crippen LogP contribution in [0.25, 0.3) is 0 Å². The molecule has 0 aliphatic rings. The molecule has 0 atom stereocenters. The predicted molar refractivity (Wildman–Crippen MR) is 67.6 cm³/mol. The molecule has 4 heteroatoms. The average Bonchev–Trinajstić information content (AvgIpc) is 2.29. The van der Waals surface area contributed by atoms with Gasteiger partial charge in [0.15, 0.2) is 0 Å². The monoisotopic (exact) mass is 256 g/mol. The van der Waals surface area contributed by atoms with Gasteiger partial charge in [-0.05, 0) is 38.0 Å². The minimum atomic E-state index is -0.182. The summed E-state index contributed by atoms with van der Waals surface area (Å²) >= 11 is 5.87. The van der Waals surface area contributed by atoms with Gasteiger partial charge in [0.25, 0.3) is 0 Å². The lowest BCUT2D eigenvalue weighted by Crippen LogP contribution is -2.07. The van der Waals surface area contributed by atoms with Crippen molar-refractivity contribution in [2.45, 2.75) is 26.7 Å². The predicted octanol–water partition coefficient (Wildman–Crippen LogP) is 3.37. The van der Waals surface area contributed by atoms with Crippen LogP contribution in [0.15, 0.2) is 18.2 Å². The van der Waals surface area contributed by atoms with Gasteiger partial charge < -0.3 is 9.47 Å². The molecular weight excluding hydrogens is 240 g/mol. The van der Waals surface area contributed by atoms with Gasteiger partial charge in [0.05, 0.1) is 13.2 Å². The van der Waals surface area contributed by atoms with E-state index in [1.165, 1.54) is 0 Å². The Hall–Kier alpha value is -1.22. The van der Waals surface area contributed by atoms with E-state index >= 15 is 0 Å². The van der Waals surface area contributed by atoms with Gasteiger partial charge in [-0.25, -0.2) is 0 Å². The second-order valence-corrected chi connectivity index (χ2v) is 4.10. The van der Waals surface area contributed by atoms with Crippen LogP contribution in [0.1, 0.15) is 25.3 Å². The third-order valence-electron chi connectivity index (χ3n) is 2.24. The number of carbonyl (C=O) groups excluding carboxylic acids is 1. The molecule has 1 rings (SSSR count). The molecule has 0 aliphatic carbocycles. The number of ether oxygens (including phenoxy) is 2. The van der Waals surface area contributed by atoms with Crippen molar-refractivity contribution in [2.24, 2.45) is 0 Å². The van der Waals surface area contributed by atoms with Crippen molar-refractivity contribution < 1.29 is 14.3 Å². The molecule has 94 valence electrons. The van der Waals surface area contributed by atoms with Crippen LogP contribution in [0.3, 0.4) is 0 Å². The zero-order valence-corrected chi connectivity index (χ0v) is 10.9. The Balaban J connectivity index is 2.31. The van der Waals surface area contributed by atoms with Gasteiger partial charge in [0, 0.05) is 11.4 Å². The quantitative estimate of drug-likeness (QED) is 0.578. The van der Waals surface area contributed by atoms with Crippen LogP contribution in [-0.2, 0) is 9.53 Å². The van der Waals surface area contributed by atoms with Gasteiger partial charge in [-0.1, -0.05) is 17.7 Å². The lowest BCUT2D eigenvalue weighted by molar-refractivity contribution is -0.143. The summed E-state index contributed by atoms with van der Waals surface area (Å²) in [6, 6.07) is 5.51. The Morgan fingerprint density at radius 1 is 1.41 bits per heavy atom. The van der Waals surface area contributed by atoms with Gasteiger partial charge in [0.2, 0.25) is 0 Å². The minimum Gasteiger partial charge on any atom is -0.493 e. The second kappa shape index (κ2) is 7.17. The Morgan fingerprint density at radius 2 is 2.18 bits per heavy atom. The van der Waals surface area contributed by atoms with E-state index < -0.39 is 0 Å². The van der Waals surface area contributed by atoms with Gasteiger partial charge in [-0.2, -0.15) is 0 Å². The molecule has 3 nitrogen and oxygen atoms in total. The smallest absolute Gasteiger partial charge is 0.305 e. The van der Waals surface area contributed by atoms with E-state index in [2.05, 4.69) is 0 Å². The highest BCUT2D eigenvalue weighted by Gasteiger charge is 2.03. The van der Waals surface area contributed by atoms with Crippen LogP contribution in [0.4, 0.5) is 0 Å². The van der Waals surface area contributed by atoms with Crippen molar-refractivity contribution in [2.75, 3.05) is 13.2 Å². The number of hydrogen-bond acceptors (Lipinski definition) is 3. The first kappa shape index (κ1) is 13.8. The summed E-state index contributed by atoms with van der Waals surface area (Å²) in [6.45, 7) is 4.66. The summed E-state index contributed by atoms with van der Waals surface area (Å²) in [4.78, 5) is 11.1. The zero-order chi connectivity index (χ0) is 12.7. The third kappa shape index (κ3) is 5.09. The lowest BCUT2D eigenvalue weighted by atomic mass is 10.2. The SMILES string of the molecule is CCOC(=O)CCCOc1cc(Cl)ccc1C. The summed E-state index contributed by atoms with van der Waals surface area (Å²) in [5.41, 5.74) is 1.03. The number of carbonyl (C=O) groups is 1. The number of hydrogen-bond donors (Lipinski definition) is 0. The molecule has 17 heavy (non-hydrogen) atoms. The van der Waals surface area contributed by atoms with E-state index in [1.54, 1.807) is 13.0 Å². The Bertz CT molecular complexity index is 377. The Kier molecular flexibility index (Phi) is 5.84. The van der Waals surface area contributed by atoms with Crippen LogP contribution >= 0.6 is 11.6 Å². The summed E-state index contributed by atoms with van der Waals surface area (Å²) in [7, 11) is 0. The van der Waals surface area contributed by atoms with Gasteiger partial charge in [-0.3, -0.25) is 4.79 Å². The van der Waals surface area contributed by atoms with E-state index in [0.717, 1.165) is 11.3 Å². The summed E-state index contributed by atoms with van der Waals surface area (Å²) in [5, 5.41) is 0.649. The van der Waals surface area contributed by atoms with Crippen molar-refractivity contribution in [1.82, 2.24) is 0 Å². The third-order valence-corrected chi connectivity index (χ3v) is 2.47. The highest BCUT2D eigenvalue weighted by atomic mass is 35.5. The molecule has 0 heterocycles. The van der Waals surface area contributed by atoms with E-state index in [4.69, 9.17) is 21.1 Å². The van der Waals surface area contributed by atoms with Crippen molar-refractivity contribution in [3.63, 3.8) is 0 Å². The topological polar surface area (TPSA) is 35.5 Å². The number of halogens is 1. The molecule has 0 fully saturated rings. The summed E-state index contributed by atoms with van der Waals surface area (Å²) in [5.74, 6) is 0.584. The first-order chi connectivity index (χ1) is 8.13. The van der Waals surface area contributed by atoms with Crippen molar-refractivity contribution in [1.29, 1.82) is 0 Å². The van der Waals surface area contributed by atoms with Crippen molar-refractivity contribution >= 4 is 17.6 Å². The number of esters is 1. The summed E-state index contributed by atoms with van der Waals surface area (Å²) in [6.07, 6.45) is 1.03. The minimum absolute atomic E-state index is 0.182. The Labute approximate surface area is 107 Å². The van der Waals surface area contributed by atoms with E-state index in [0.29, 0.717) is 31.1 Å². The zero-order valence-electron chi connectivity index (χ0n) is 10.2. The Morgan fingerprint density at radius 3 is 2.88 bits per heavy atom. The van der Waals surface area contributed by atoms with Crippen LogP contribution < -0.4 is 4.74 Å². The van der Waals surface area contributed by atoms with E-state index in [1.807, 2.05) is 19.1 Å². The molecule has 0 saturated heterocycles. The molecule has 0 amide bonds. The molecular formula is C13H17ClO3. The maximum atomic E-state index is 11.1. The standard InChI is InChI=1S/C13H17ClO3/c1-3-16-13(15)5-4-8-17-12-9-11(14)7-6-10(12)2/h6-7,9H,3-5,8H2,1-2H3. The van der Waals surface area contributed by atoms with E-state index in [9.17, 15) is 4.79 Å². The van der Waals surface area contributed by atoms with Crippen LogP contribution in [0, 0.1) is 6.92 Å². The second-order valence-electron chi connectivity index (χ2n) is 3.67. The highest BCUT2D eigenvalue weighted by Crippen LogP contribution is 2.22. The molecule has 0 unspecified atom stereocenters. The average molecular weight is 257 g/mol. The molecule has 1 aromatic rings. The number of benzene rings is 1. The van der Waals surface area contributed by atoms with Gasteiger partial charge in [0.1, 0.15) is 5.75 Å². The summed E-state index contributed by atoms with van der Waals surface area (Å²) < 4.78 is 10.4. The fraction of sp³-hybridized carbons (Fsp3) is 0.462. The lowest BCUT2D eigenvalue weighted by Gasteiger charge is -2.09. The van der Waals surface area contributed by atoms with Crippen LogP contribution in [0.2, 0.25) is 5.02 Å². The molecule has 0 bridgehead atoms. The molecule has 0 radical (unpaired) electrons. The number of rotatable bonds is 6. The normalized spacial score (nSPS) is 10.1. The highest BCUT2D eigenvalue weighted by molar-refractivity contribution is 6.30. The van der Waals surface area contributed by atoms with Crippen molar-refractivity contribution in [3.8, 4) is 5.75 Å². The van der Waals surface area contributed by atoms with E-state index in [-0.39, 0.29) is 5.97 Å². The fourth-order valence-electron chi connectivity index (χ4n) is 1.36. The molecule has 1 aromatic carbocycles. The van der Waals surface area contributed by atoms with Crippen LogP contribution in [0.5, 0.6) is 5.75 Å². The molecule has 0 N–H and O–H groups in total. The molecule has 0 aromatic heterocycles. The number of aryl methyl sites for hydroxylation is 1. The molecule has 0 saturated carbocycles. The molecule has 0 aliphatic heterocycles. The maximum absolute atomic E-state index is 11.1. The van der Waals surface area contributed by atoms with Crippen molar-refractivity contribution in [3.05, 3.63) is 28.8 Å². The van der Waals surface area contributed by atoms with Crippen LogP contribution in [-0.4, -0.2) is 19.2 Å². The van der Waals surface area contributed by atoms with Gasteiger partial charge in [-0.15, -0.1) is 0 Å². The largest absolute Gasteiger partial charge is 0.493 e. The first-order valence-corrected chi connectivity index (χ1v) is 6.06. The molecule has 0 spiro atoms. The fourth-order valence-corrected chi connectivity index (χ4v) is 1.52. The first-order valence-electron chi connectivity index (χ1n) is 5.68. The van der Waals surface area contributed by atoms with Gasteiger partial charge >= 0.3 is 5.97 Å². The maximum Gasteiger partial charge on any atom is 0.305 e.